The molecule has 2 aromatic heterocycles. The highest BCUT2D eigenvalue weighted by Gasteiger charge is 2.17. The van der Waals surface area contributed by atoms with Gasteiger partial charge in [0, 0.05) is 16.3 Å². The first-order chi connectivity index (χ1) is 12.7. The van der Waals surface area contributed by atoms with Crippen LogP contribution in [-0.4, -0.2) is 4.98 Å². The van der Waals surface area contributed by atoms with Gasteiger partial charge in [0.1, 0.15) is 5.58 Å². The summed E-state index contributed by atoms with van der Waals surface area (Å²) < 4.78 is 5.62. The van der Waals surface area contributed by atoms with Crippen molar-refractivity contribution in [1.82, 2.24) is 4.98 Å². The molecule has 0 spiro atoms. The van der Waals surface area contributed by atoms with Gasteiger partial charge in [0.15, 0.2) is 0 Å². The van der Waals surface area contributed by atoms with Gasteiger partial charge in [0.2, 0.25) is 0 Å². The van der Waals surface area contributed by atoms with E-state index < -0.39 is 0 Å². The van der Waals surface area contributed by atoms with Crippen LogP contribution in [0, 0.1) is 6.92 Å². The third-order valence-corrected chi connectivity index (χ3v) is 4.75. The second kappa shape index (κ2) is 5.53. The molecular weight excluding hydrogens is 322 g/mol. The minimum atomic E-state index is -0.353. The fourth-order valence-corrected chi connectivity index (χ4v) is 3.58. The quantitative estimate of drug-likeness (QED) is 0.231. The predicted molar refractivity (Wildman–Crippen MR) is 105 cm³/mol. The minimum Gasteiger partial charge on any atom is -0.422 e. The molecule has 0 saturated heterocycles. The summed E-state index contributed by atoms with van der Waals surface area (Å²) in [5.74, 6) is 0. The highest BCUT2D eigenvalue weighted by molar-refractivity contribution is 6.15. The average molecular weight is 337 g/mol. The average Bonchev–Trinajstić information content (AvgIpc) is 2.67. The summed E-state index contributed by atoms with van der Waals surface area (Å²) in [5.41, 5.74) is 4.76. The van der Waals surface area contributed by atoms with E-state index in [1.165, 1.54) is 0 Å². The van der Waals surface area contributed by atoms with Gasteiger partial charge >= 0.3 is 5.63 Å². The van der Waals surface area contributed by atoms with E-state index in [-0.39, 0.29) is 5.63 Å². The second-order valence-electron chi connectivity index (χ2n) is 6.48. The SMILES string of the molecule is Cc1ccc2nc3c(c(-c4ccccc4)c2c1)c(=O)oc1ccccc13. The summed E-state index contributed by atoms with van der Waals surface area (Å²) in [5, 5.41) is 2.35. The molecule has 3 nitrogen and oxygen atoms in total. The minimum absolute atomic E-state index is 0.353. The number of para-hydroxylation sites is 1. The number of hydrogen-bond acceptors (Lipinski definition) is 3. The van der Waals surface area contributed by atoms with Crippen molar-refractivity contribution in [2.45, 2.75) is 6.92 Å². The molecule has 5 rings (SSSR count). The van der Waals surface area contributed by atoms with E-state index in [2.05, 4.69) is 6.07 Å². The van der Waals surface area contributed by atoms with Gasteiger partial charge in [0.05, 0.1) is 16.4 Å². The monoisotopic (exact) mass is 337 g/mol. The van der Waals surface area contributed by atoms with Crippen LogP contribution in [0.3, 0.4) is 0 Å². The zero-order valence-corrected chi connectivity index (χ0v) is 14.2. The highest BCUT2D eigenvalue weighted by atomic mass is 16.4. The topological polar surface area (TPSA) is 43.1 Å². The Morgan fingerprint density at radius 2 is 1.62 bits per heavy atom. The Labute approximate surface area is 149 Å². The molecule has 0 aliphatic rings. The van der Waals surface area contributed by atoms with Crippen LogP contribution < -0.4 is 5.63 Å². The summed E-state index contributed by atoms with van der Waals surface area (Å²) in [7, 11) is 0. The maximum atomic E-state index is 12.9. The fourth-order valence-electron chi connectivity index (χ4n) is 3.58. The Morgan fingerprint density at radius 3 is 2.46 bits per heavy atom. The van der Waals surface area contributed by atoms with Crippen molar-refractivity contribution in [3.05, 3.63) is 88.8 Å². The van der Waals surface area contributed by atoms with Gasteiger partial charge in [-0.1, -0.05) is 54.1 Å². The molecule has 0 bridgehead atoms. The molecule has 124 valence electrons. The van der Waals surface area contributed by atoms with E-state index in [0.717, 1.165) is 33.0 Å². The Kier molecular flexibility index (Phi) is 3.16. The zero-order valence-electron chi connectivity index (χ0n) is 14.2. The summed E-state index contributed by atoms with van der Waals surface area (Å²) in [6.07, 6.45) is 0. The summed E-state index contributed by atoms with van der Waals surface area (Å²) in [4.78, 5) is 17.7. The molecule has 0 radical (unpaired) electrons. The Bertz CT molecular complexity index is 1350. The number of aryl methyl sites for hydroxylation is 1. The first-order valence-corrected chi connectivity index (χ1v) is 8.54. The Balaban J connectivity index is 2.12. The molecule has 0 aliphatic carbocycles. The molecule has 0 aliphatic heterocycles. The van der Waals surface area contributed by atoms with Crippen molar-refractivity contribution in [2.75, 3.05) is 0 Å². The van der Waals surface area contributed by atoms with Crippen LogP contribution in [0.25, 0.3) is 43.9 Å². The molecule has 0 unspecified atom stereocenters. The van der Waals surface area contributed by atoms with E-state index in [1.54, 1.807) is 6.07 Å². The molecule has 3 heteroatoms. The molecule has 2 heterocycles. The third kappa shape index (κ3) is 2.14. The largest absolute Gasteiger partial charge is 0.422 e. The number of hydrogen-bond donors (Lipinski definition) is 0. The lowest BCUT2D eigenvalue weighted by Gasteiger charge is -2.12. The molecule has 0 N–H and O–H groups in total. The molecule has 3 aromatic carbocycles. The van der Waals surface area contributed by atoms with Crippen molar-refractivity contribution in [2.24, 2.45) is 0 Å². The van der Waals surface area contributed by atoms with Crippen LogP contribution in [0.5, 0.6) is 0 Å². The predicted octanol–water partition coefficient (Wildman–Crippen LogP) is 5.47. The first-order valence-electron chi connectivity index (χ1n) is 8.54. The second-order valence-corrected chi connectivity index (χ2v) is 6.48. The van der Waals surface area contributed by atoms with Crippen molar-refractivity contribution < 1.29 is 4.42 Å². The lowest BCUT2D eigenvalue weighted by atomic mass is 9.95. The Hall–Kier alpha value is -3.46. The van der Waals surface area contributed by atoms with Gasteiger partial charge in [-0.25, -0.2) is 9.78 Å². The Morgan fingerprint density at radius 1 is 0.846 bits per heavy atom. The molecule has 26 heavy (non-hydrogen) atoms. The summed E-state index contributed by atoms with van der Waals surface area (Å²) in [6.45, 7) is 2.04. The van der Waals surface area contributed by atoms with Crippen molar-refractivity contribution in [3.8, 4) is 11.1 Å². The first kappa shape index (κ1) is 14.8. The smallest absolute Gasteiger partial charge is 0.346 e. The maximum Gasteiger partial charge on any atom is 0.346 e. The number of benzene rings is 3. The summed E-state index contributed by atoms with van der Waals surface area (Å²) >= 11 is 0. The van der Waals surface area contributed by atoms with Crippen molar-refractivity contribution in [1.29, 1.82) is 0 Å². The van der Waals surface area contributed by atoms with E-state index >= 15 is 0 Å². The number of nitrogens with zero attached hydrogens (tertiary/aromatic N) is 1. The van der Waals surface area contributed by atoms with Gasteiger partial charge in [-0.2, -0.15) is 0 Å². The van der Waals surface area contributed by atoms with Crippen molar-refractivity contribution in [3.63, 3.8) is 0 Å². The fraction of sp³-hybridized carbons (Fsp3) is 0.0435. The number of rotatable bonds is 1. The van der Waals surface area contributed by atoms with Crippen LogP contribution in [0.15, 0.2) is 82.0 Å². The van der Waals surface area contributed by atoms with Crippen LogP contribution in [0.1, 0.15) is 5.56 Å². The molecule has 0 fully saturated rings. The van der Waals surface area contributed by atoms with Gasteiger partial charge in [-0.05, 0) is 36.8 Å². The van der Waals surface area contributed by atoms with Crippen LogP contribution in [0.4, 0.5) is 0 Å². The highest BCUT2D eigenvalue weighted by Crippen LogP contribution is 2.35. The number of fused-ring (bicyclic) bond motifs is 4. The standard InChI is InChI=1S/C23H15NO2/c1-14-11-12-18-17(13-14)20(15-7-3-2-4-8-15)21-22(24-18)16-9-5-6-10-19(16)26-23(21)25/h2-13H,1H3. The zero-order chi connectivity index (χ0) is 17.7. The molecular formula is C23H15NO2. The third-order valence-electron chi connectivity index (χ3n) is 4.75. The maximum absolute atomic E-state index is 12.9. The van der Waals surface area contributed by atoms with Crippen LogP contribution >= 0.6 is 0 Å². The normalized spacial score (nSPS) is 11.4. The van der Waals surface area contributed by atoms with E-state index in [1.807, 2.05) is 67.6 Å². The van der Waals surface area contributed by atoms with E-state index in [4.69, 9.17) is 9.40 Å². The van der Waals surface area contributed by atoms with Gasteiger partial charge in [-0.15, -0.1) is 0 Å². The number of aromatic nitrogens is 1. The van der Waals surface area contributed by atoms with Gasteiger partial charge < -0.3 is 4.42 Å². The van der Waals surface area contributed by atoms with Gasteiger partial charge in [-0.3, -0.25) is 0 Å². The number of pyridine rings is 1. The van der Waals surface area contributed by atoms with E-state index in [9.17, 15) is 4.79 Å². The lowest BCUT2D eigenvalue weighted by Crippen LogP contribution is -2.04. The molecule has 5 aromatic rings. The van der Waals surface area contributed by atoms with Gasteiger partial charge in [0.25, 0.3) is 0 Å². The molecule has 0 amide bonds. The molecule has 0 atom stereocenters. The lowest BCUT2D eigenvalue weighted by molar-refractivity contribution is 0.569. The van der Waals surface area contributed by atoms with Crippen LogP contribution in [-0.2, 0) is 0 Å². The summed E-state index contributed by atoms with van der Waals surface area (Å²) in [6, 6.07) is 23.7. The van der Waals surface area contributed by atoms with Crippen LogP contribution in [0.2, 0.25) is 0 Å². The van der Waals surface area contributed by atoms with E-state index in [0.29, 0.717) is 16.5 Å². The van der Waals surface area contributed by atoms with Crippen molar-refractivity contribution >= 4 is 32.8 Å². The molecule has 0 saturated carbocycles.